The molecule has 1 heterocycles. The number of benzene rings is 1. The fourth-order valence-corrected chi connectivity index (χ4v) is 5.26. The molecule has 2 rings (SSSR count). The topological polar surface area (TPSA) is 83.9 Å². The highest BCUT2D eigenvalue weighted by Gasteiger charge is 2.26. The molecule has 0 atom stereocenters. The maximum Gasteiger partial charge on any atom is 0.318 e. The second-order valence-corrected chi connectivity index (χ2v) is 8.66. The number of methoxy groups -OCH3 is 1. The van der Waals surface area contributed by atoms with E-state index < -0.39 is 22.5 Å². The number of hydrogen-bond donors (Lipinski definition) is 1. The molecule has 2 aromatic rings. The van der Waals surface area contributed by atoms with Crippen molar-refractivity contribution in [1.29, 1.82) is 0 Å². The van der Waals surface area contributed by atoms with E-state index in [0.29, 0.717) is 17.5 Å². The van der Waals surface area contributed by atoms with Crippen LogP contribution < -0.4 is 4.74 Å². The molecule has 0 spiro atoms. The van der Waals surface area contributed by atoms with E-state index in [1.165, 1.54) is 42.7 Å². The van der Waals surface area contributed by atoms with Gasteiger partial charge in [-0.05, 0) is 47.7 Å². The molecule has 0 saturated heterocycles. The van der Waals surface area contributed by atoms with Crippen molar-refractivity contribution < 1.29 is 23.1 Å². The van der Waals surface area contributed by atoms with Gasteiger partial charge in [-0.25, -0.2) is 8.42 Å². The number of carboxylic acids is 1. The second-order valence-electron chi connectivity index (χ2n) is 5.16. The van der Waals surface area contributed by atoms with Crippen LogP contribution in [-0.2, 0) is 26.6 Å². The standard InChI is InChI=1S/C16H18BrNO5S2/c1-23-13-2-4-14(5-3-13)25(21,22)18(11-16(19)20)8-6-15-12(10-17)7-9-24-15/h2-5,7,9H,6,8,10-11H2,1H3,(H,19,20). The Hall–Kier alpha value is -1.42. The minimum atomic E-state index is -3.90. The third-order valence-electron chi connectivity index (χ3n) is 3.58. The quantitative estimate of drug-likeness (QED) is 0.597. The molecule has 6 nitrogen and oxygen atoms in total. The zero-order valence-electron chi connectivity index (χ0n) is 13.5. The lowest BCUT2D eigenvalue weighted by Crippen LogP contribution is -2.37. The van der Waals surface area contributed by atoms with Gasteiger partial charge in [0.15, 0.2) is 0 Å². The van der Waals surface area contributed by atoms with Gasteiger partial charge in [0.25, 0.3) is 0 Å². The summed E-state index contributed by atoms with van der Waals surface area (Å²) in [5.41, 5.74) is 1.09. The number of nitrogens with zero attached hydrogens (tertiary/aromatic N) is 1. The van der Waals surface area contributed by atoms with E-state index in [1.54, 1.807) is 0 Å². The Morgan fingerprint density at radius 1 is 1.28 bits per heavy atom. The number of sulfonamides is 1. The van der Waals surface area contributed by atoms with Crippen molar-refractivity contribution in [2.75, 3.05) is 20.2 Å². The molecule has 1 N–H and O–H groups in total. The van der Waals surface area contributed by atoms with Crippen molar-refractivity contribution in [3.8, 4) is 5.75 Å². The monoisotopic (exact) mass is 447 g/mol. The zero-order valence-corrected chi connectivity index (χ0v) is 16.7. The van der Waals surface area contributed by atoms with E-state index in [2.05, 4.69) is 15.9 Å². The molecular weight excluding hydrogens is 430 g/mol. The summed E-state index contributed by atoms with van der Waals surface area (Å²) in [5, 5.41) is 11.7. The Bertz CT molecular complexity index is 817. The van der Waals surface area contributed by atoms with Crippen LogP contribution >= 0.6 is 27.3 Å². The summed E-state index contributed by atoms with van der Waals surface area (Å²) in [7, 11) is -2.42. The third-order valence-corrected chi connectivity index (χ3v) is 7.07. The predicted molar refractivity (Wildman–Crippen MR) is 100 cm³/mol. The molecule has 0 aliphatic rings. The second kappa shape index (κ2) is 8.79. The van der Waals surface area contributed by atoms with Gasteiger partial charge < -0.3 is 9.84 Å². The number of rotatable bonds is 9. The van der Waals surface area contributed by atoms with Gasteiger partial charge >= 0.3 is 5.97 Å². The molecule has 9 heteroatoms. The van der Waals surface area contributed by atoms with Crippen molar-refractivity contribution in [1.82, 2.24) is 4.31 Å². The van der Waals surface area contributed by atoms with Crippen LogP contribution in [0.5, 0.6) is 5.75 Å². The Morgan fingerprint density at radius 3 is 2.52 bits per heavy atom. The van der Waals surface area contributed by atoms with Crippen molar-refractivity contribution in [3.63, 3.8) is 0 Å². The normalized spacial score (nSPS) is 11.6. The summed E-state index contributed by atoms with van der Waals surface area (Å²) in [4.78, 5) is 12.2. The van der Waals surface area contributed by atoms with E-state index in [1.807, 2.05) is 11.4 Å². The van der Waals surface area contributed by atoms with Crippen LogP contribution in [0, 0.1) is 0 Å². The van der Waals surface area contributed by atoms with Crippen LogP contribution in [0.3, 0.4) is 0 Å². The van der Waals surface area contributed by atoms with Crippen molar-refractivity contribution in [2.45, 2.75) is 16.6 Å². The summed E-state index contributed by atoms with van der Waals surface area (Å²) < 4.78 is 31.6. The van der Waals surface area contributed by atoms with E-state index in [4.69, 9.17) is 9.84 Å². The molecule has 0 aliphatic carbocycles. The lowest BCUT2D eigenvalue weighted by atomic mass is 10.2. The molecule has 0 aliphatic heterocycles. The summed E-state index contributed by atoms with van der Waals surface area (Å²) in [6.45, 7) is -0.482. The van der Waals surface area contributed by atoms with Crippen LogP contribution in [0.1, 0.15) is 10.4 Å². The molecule has 1 aromatic carbocycles. The van der Waals surface area contributed by atoms with Crippen molar-refractivity contribution >= 4 is 43.3 Å². The van der Waals surface area contributed by atoms with Crippen LogP contribution in [-0.4, -0.2) is 44.0 Å². The number of alkyl halides is 1. The van der Waals surface area contributed by atoms with Gasteiger partial charge in [0.1, 0.15) is 12.3 Å². The Labute approximate surface area is 159 Å². The molecular formula is C16H18BrNO5S2. The first-order chi connectivity index (χ1) is 11.9. The van der Waals surface area contributed by atoms with Crippen LogP contribution in [0.25, 0.3) is 0 Å². The van der Waals surface area contributed by atoms with E-state index in [9.17, 15) is 13.2 Å². The van der Waals surface area contributed by atoms with Crippen LogP contribution in [0.15, 0.2) is 40.6 Å². The molecule has 0 saturated carbocycles. The maximum absolute atomic E-state index is 12.8. The Morgan fingerprint density at radius 2 is 1.96 bits per heavy atom. The number of thiophene rings is 1. The largest absolute Gasteiger partial charge is 0.497 e. The molecule has 0 radical (unpaired) electrons. The minimum Gasteiger partial charge on any atom is -0.497 e. The number of carboxylic acid groups (broad SMARTS) is 1. The van der Waals surface area contributed by atoms with Gasteiger partial charge in [0.05, 0.1) is 12.0 Å². The fourth-order valence-electron chi connectivity index (χ4n) is 2.26. The first kappa shape index (κ1) is 19.9. The molecule has 1 aromatic heterocycles. The highest BCUT2D eigenvalue weighted by atomic mass is 79.9. The van der Waals surface area contributed by atoms with Gasteiger partial charge in [-0.15, -0.1) is 11.3 Å². The zero-order chi connectivity index (χ0) is 18.4. The van der Waals surface area contributed by atoms with Crippen LogP contribution in [0.2, 0.25) is 0 Å². The third kappa shape index (κ3) is 5.04. The van der Waals surface area contributed by atoms with Gasteiger partial charge in [0, 0.05) is 16.8 Å². The number of aliphatic carboxylic acids is 1. The van der Waals surface area contributed by atoms with E-state index in [-0.39, 0.29) is 11.4 Å². The summed E-state index contributed by atoms with van der Waals surface area (Å²) >= 11 is 4.92. The van der Waals surface area contributed by atoms with Gasteiger partial charge in [-0.3, -0.25) is 4.79 Å². The summed E-state index contributed by atoms with van der Waals surface area (Å²) in [6.07, 6.45) is 0.460. The Kier molecular flexibility index (Phi) is 7.00. The van der Waals surface area contributed by atoms with E-state index in [0.717, 1.165) is 14.7 Å². The number of carbonyl (C=O) groups is 1. The smallest absolute Gasteiger partial charge is 0.318 e. The number of halogens is 1. The van der Waals surface area contributed by atoms with Gasteiger partial charge in [-0.1, -0.05) is 15.9 Å². The predicted octanol–water partition coefficient (Wildman–Crippen LogP) is 2.97. The van der Waals surface area contributed by atoms with Crippen molar-refractivity contribution in [3.05, 3.63) is 46.2 Å². The molecule has 0 unspecified atom stereocenters. The lowest BCUT2D eigenvalue weighted by molar-refractivity contribution is -0.137. The SMILES string of the molecule is COc1ccc(S(=O)(=O)N(CCc2sccc2CBr)CC(=O)O)cc1. The molecule has 0 amide bonds. The number of hydrogen-bond acceptors (Lipinski definition) is 5. The summed E-state index contributed by atoms with van der Waals surface area (Å²) in [6, 6.07) is 7.87. The number of ether oxygens (including phenoxy) is 1. The first-order valence-electron chi connectivity index (χ1n) is 7.35. The highest BCUT2D eigenvalue weighted by molar-refractivity contribution is 9.08. The molecule has 136 valence electrons. The maximum atomic E-state index is 12.8. The Balaban J connectivity index is 2.23. The average molecular weight is 448 g/mol. The molecule has 0 fully saturated rings. The highest BCUT2D eigenvalue weighted by Crippen LogP contribution is 2.23. The molecule has 25 heavy (non-hydrogen) atoms. The van der Waals surface area contributed by atoms with Crippen LogP contribution in [0.4, 0.5) is 0 Å². The van der Waals surface area contributed by atoms with E-state index >= 15 is 0 Å². The van der Waals surface area contributed by atoms with Crippen molar-refractivity contribution in [2.24, 2.45) is 0 Å². The molecule has 0 bridgehead atoms. The average Bonchev–Trinajstić information content (AvgIpc) is 3.05. The lowest BCUT2D eigenvalue weighted by Gasteiger charge is -2.20. The minimum absolute atomic E-state index is 0.0430. The van der Waals surface area contributed by atoms with Gasteiger partial charge in [0.2, 0.25) is 10.0 Å². The fraction of sp³-hybridized carbons (Fsp3) is 0.312. The van der Waals surface area contributed by atoms with Gasteiger partial charge in [-0.2, -0.15) is 4.31 Å². The summed E-state index contributed by atoms with van der Waals surface area (Å²) in [5.74, 6) is -0.659. The first-order valence-corrected chi connectivity index (χ1v) is 10.8.